The number of thiophene rings is 1. The Morgan fingerprint density at radius 2 is 1.77 bits per heavy atom. The first-order valence-electron chi connectivity index (χ1n) is 10.2. The van der Waals surface area contributed by atoms with Crippen molar-refractivity contribution in [3.63, 3.8) is 0 Å². The first-order chi connectivity index (χ1) is 14.2. The van der Waals surface area contributed by atoms with Crippen molar-refractivity contribution in [3.05, 3.63) is 58.3 Å². The Hall–Kier alpha value is -2.67. The fourth-order valence-electron chi connectivity index (χ4n) is 3.02. The van der Waals surface area contributed by atoms with E-state index in [9.17, 15) is 14.4 Å². The van der Waals surface area contributed by atoms with E-state index >= 15 is 0 Å². The molecule has 0 aliphatic carbocycles. The van der Waals surface area contributed by atoms with Crippen molar-refractivity contribution < 1.29 is 14.4 Å². The van der Waals surface area contributed by atoms with Crippen molar-refractivity contribution in [2.75, 3.05) is 13.1 Å². The monoisotopic (exact) mass is 429 g/mol. The van der Waals surface area contributed by atoms with Crippen LogP contribution < -0.4 is 10.6 Å². The summed E-state index contributed by atoms with van der Waals surface area (Å²) < 4.78 is 0. The van der Waals surface area contributed by atoms with Crippen molar-refractivity contribution in [1.82, 2.24) is 15.5 Å². The van der Waals surface area contributed by atoms with Gasteiger partial charge >= 0.3 is 0 Å². The zero-order valence-corrected chi connectivity index (χ0v) is 18.9. The van der Waals surface area contributed by atoms with Gasteiger partial charge in [-0.3, -0.25) is 14.4 Å². The quantitative estimate of drug-likeness (QED) is 0.637. The molecule has 1 aromatic carbocycles. The van der Waals surface area contributed by atoms with Gasteiger partial charge in [0, 0.05) is 12.1 Å². The van der Waals surface area contributed by atoms with Crippen molar-refractivity contribution >= 4 is 29.1 Å². The summed E-state index contributed by atoms with van der Waals surface area (Å²) in [6, 6.07) is 12.0. The van der Waals surface area contributed by atoms with E-state index < -0.39 is 11.6 Å². The Bertz CT molecular complexity index is 829. The molecule has 0 fully saturated rings. The van der Waals surface area contributed by atoms with Gasteiger partial charge in [-0.05, 0) is 44.2 Å². The summed E-state index contributed by atoms with van der Waals surface area (Å²) in [6.07, 6.45) is 1.64. The van der Waals surface area contributed by atoms with Gasteiger partial charge in [-0.1, -0.05) is 49.7 Å². The van der Waals surface area contributed by atoms with E-state index in [0.717, 1.165) is 18.4 Å². The van der Waals surface area contributed by atoms with E-state index in [1.807, 2.05) is 63.4 Å². The molecule has 2 aromatic rings. The Morgan fingerprint density at radius 3 is 2.33 bits per heavy atom. The number of hydrogen-bond donors (Lipinski definition) is 2. The number of amides is 3. The van der Waals surface area contributed by atoms with Gasteiger partial charge in [0.2, 0.25) is 11.8 Å². The minimum Gasteiger partial charge on any atom is -0.349 e. The smallest absolute Gasteiger partial charge is 0.261 e. The van der Waals surface area contributed by atoms with Crippen LogP contribution in [0, 0.1) is 0 Å². The molecule has 6 nitrogen and oxygen atoms in total. The fourth-order valence-corrected chi connectivity index (χ4v) is 3.66. The standard InChI is InChI=1S/C23H31N3O3S/c1-5-6-14-26(19(27)16-24-21(28)18-13-10-15-30-18)20(17-11-8-7-9-12-17)22(29)25-23(2,3)4/h7-13,15,20H,5-6,14,16H2,1-4H3,(H,24,28)(H,25,29)/t20-/m0/s1. The van der Waals surface area contributed by atoms with Gasteiger partial charge in [0.15, 0.2) is 0 Å². The molecule has 1 atom stereocenters. The summed E-state index contributed by atoms with van der Waals surface area (Å²) >= 11 is 1.32. The molecule has 3 amide bonds. The predicted molar refractivity (Wildman–Crippen MR) is 120 cm³/mol. The van der Waals surface area contributed by atoms with Gasteiger partial charge in [-0.25, -0.2) is 0 Å². The van der Waals surface area contributed by atoms with Crippen LogP contribution in [0.5, 0.6) is 0 Å². The van der Waals surface area contributed by atoms with Crippen molar-refractivity contribution in [2.24, 2.45) is 0 Å². The molecule has 2 N–H and O–H groups in total. The molecule has 1 aromatic heterocycles. The van der Waals surface area contributed by atoms with E-state index in [-0.39, 0.29) is 24.3 Å². The van der Waals surface area contributed by atoms with Crippen LogP contribution in [0.2, 0.25) is 0 Å². The average molecular weight is 430 g/mol. The summed E-state index contributed by atoms with van der Waals surface area (Å²) in [5.74, 6) is -0.807. The number of hydrogen-bond acceptors (Lipinski definition) is 4. The second-order valence-electron chi connectivity index (χ2n) is 8.15. The highest BCUT2D eigenvalue weighted by Crippen LogP contribution is 2.23. The molecule has 0 unspecified atom stereocenters. The van der Waals surface area contributed by atoms with E-state index in [4.69, 9.17) is 0 Å². The van der Waals surface area contributed by atoms with Crippen LogP contribution in [0.1, 0.15) is 61.8 Å². The Kier molecular flexibility index (Phi) is 8.59. The Balaban J connectivity index is 2.26. The lowest BCUT2D eigenvalue weighted by atomic mass is 10.0. The topological polar surface area (TPSA) is 78.5 Å². The SMILES string of the molecule is CCCCN(C(=O)CNC(=O)c1cccs1)[C@H](C(=O)NC(C)(C)C)c1ccccc1. The molecule has 7 heteroatoms. The number of rotatable bonds is 9. The third kappa shape index (κ3) is 6.99. The van der Waals surface area contributed by atoms with Gasteiger partial charge < -0.3 is 15.5 Å². The Labute approximate surface area is 182 Å². The van der Waals surface area contributed by atoms with Gasteiger partial charge in [-0.2, -0.15) is 0 Å². The molecule has 0 radical (unpaired) electrons. The van der Waals surface area contributed by atoms with Crippen LogP contribution >= 0.6 is 11.3 Å². The van der Waals surface area contributed by atoms with Gasteiger partial charge in [0.1, 0.15) is 6.04 Å². The molecular formula is C23H31N3O3S. The van der Waals surface area contributed by atoms with E-state index in [0.29, 0.717) is 11.4 Å². The molecule has 0 saturated heterocycles. The lowest BCUT2D eigenvalue weighted by Gasteiger charge is -2.34. The maximum atomic E-state index is 13.2. The number of benzene rings is 1. The van der Waals surface area contributed by atoms with Crippen LogP contribution in [0.15, 0.2) is 47.8 Å². The molecule has 0 aliphatic heterocycles. The van der Waals surface area contributed by atoms with Crippen LogP contribution in [-0.2, 0) is 9.59 Å². The Morgan fingerprint density at radius 1 is 1.07 bits per heavy atom. The number of nitrogens with one attached hydrogen (secondary N) is 2. The van der Waals surface area contributed by atoms with Gasteiger partial charge in [-0.15, -0.1) is 11.3 Å². The minimum atomic E-state index is -0.761. The predicted octanol–water partition coefficient (Wildman–Crippen LogP) is 3.76. The highest BCUT2D eigenvalue weighted by molar-refractivity contribution is 7.12. The second kappa shape index (κ2) is 10.9. The molecule has 0 aliphatic rings. The van der Waals surface area contributed by atoms with E-state index in [2.05, 4.69) is 10.6 Å². The molecule has 0 bridgehead atoms. The van der Waals surface area contributed by atoms with Gasteiger partial charge in [0.25, 0.3) is 5.91 Å². The number of carbonyl (C=O) groups is 3. The number of unbranched alkanes of at least 4 members (excludes halogenated alkanes) is 1. The molecular weight excluding hydrogens is 398 g/mol. The van der Waals surface area contributed by atoms with E-state index in [1.165, 1.54) is 11.3 Å². The highest BCUT2D eigenvalue weighted by Gasteiger charge is 2.32. The highest BCUT2D eigenvalue weighted by atomic mass is 32.1. The summed E-state index contributed by atoms with van der Waals surface area (Å²) in [4.78, 5) is 40.7. The van der Waals surface area contributed by atoms with Gasteiger partial charge in [0.05, 0.1) is 11.4 Å². The minimum absolute atomic E-state index is 0.160. The largest absolute Gasteiger partial charge is 0.349 e. The van der Waals surface area contributed by atoms with Crippen molar-refractivity contribution in [2.45, 2.75) is 52.1 Å². The van der Waals surface area contributed by atoms with Crippen molar-refractivity contribution in [3.8, 4) is 0 Å². The molecule has 0 spiro atoms. The van der Waals surface area contributed by atoms with E-state index in [1.54, 1.807) is 17.0 Å². The van der Waals surface area contributed by atoms with Crippen LogP contribution in [-0.4, -0.2) is 41.2 Å². The normalized spacial score (nSPS) is 12.1. The number of nitrogens with zero attached hydrogens (tertiary/aromatic N) is 1. The lowest BCUT2D eigenvalue weighted by Crippen LogP contribution is -2.51. The third-order valence-corrected chi connectivity index (χ3v) is 5.26. The summed E-state index contributed by atoms with van der Waals surface area (Å²) in [6.45, 7) is 8.03. The van der Waals surface area contributed by atoms with Crippen molar-refractivity contribution in [1.29, 1.82) is 0 Å². The van der Waals surface area contributed by atoms with Crippen LogP contribution in [0.25, 0.3) is 0 Å². The second-order valence-corrected chi connectivity index (χ2v) is 9.10. The molecule has 30 heavy (non-hydrogen) atoms. The summed E-state index contributed by atoms with van der Waals surface area (Å²) in [7, 11) is 0. The summed E-state index contributed by atoms with van der Waals surface area (Å²) in [5, 5.41) is 7.49. The lowest BCUT2D eigenvalue weighted by molar-refractivity contribution is -0.140. The molecule has 162 valence electrons. The first kappa shape index (κ1) is 23.6. The number of carbonyl (C=O) groups excluding carboxylic acids is 3. The first-order valence-corrected chi connectivity index (χ1v) is 11.1. The molecule has 2 rings (SSSR count). The fraction of sp³-hybridized carbons (Fsp3) is 0.435. The molecule has 1 heterocycles. The van der Waals surface area contributed by atoms with Crippen LogP contribution in [0.4, 0.5) is 0 Å². The zero-order valence-electron chi connectivity index (χ0n) is 18.1. The summed E-state index contributed by atoms with van der Waals surface area (Å²) in [5.41, 5.74) is 0.310. The van der Waals surface area contributed by atoms with Crippen LogP contribution in [0.3, 0.4) is 0 Å². The maximum absolute atomic E-state index is 13.2. The maximum Gasteiger partial charge on any atom is 0.261 e. The third-order valence-electron chi connectivity index (χ3n) is 4.39. The molecule has 0 saturated carbocycles. The average Bonchev–Trinajstić information content (AvgIpc) is 3.23. The zero-order chi connectivity index (χ0) is 22.1.